The second kappa shape index (κ2) is 5.08. The van der Waals surface area contributed by atoms with Gasteiger partial charge in [-0.05, 0) is 31.0 Å². The van der Waals surface area contributed by atoms with E-state index in [0.29, 0.717) is 17.1 Å². The number of hydrogen-bond donors (Lipinski definition) is 0. The van der Waals surface area contributed by atoms with Gasteiger partial charge in [0.25, 0.3) is 0 Å². The van der Waals surface area contributed by atoms with Crippen LogP contribution in [0.15, 0.2) is 18.2 Å². The molecule has 0 N–H and O–H groups in total. The summed E-state index contributed by atoms with van der Waals surface area (Å²) in [7, 11) is 2.75. The average Bonchev–Trinajstić information content (AvgIpc) is 3.22. The van der Waals surface area contributed by atoms with Crippen molar-refractivity contribution in [3.8, 4) is 11.5 Å². The van der Waals surface area contributed by atoms with Gasteiger partial charge in [-0.25, -0.2) is 4.79 Å². The van der Waals surface area contributed by atoms with Gasteiger partial charge < -0.3 is 14.2 Å². The van der Waals surface area contributed by atoms with Crippen LogP contribution in [0.25, 0.3) is 0 Å². The molecule has 0 spiro atoms. The summed E-state index contributed by atoms with van der Waals surface area (Å²) in [4.78, 5) is 22.9. The first-order chi connectivity index (χ1) is 8.65. The molecular formula is C13H14O5. The van der Waals surface area contributed by atoms with E-state index < -0.39 is 5.97 Å². The van der Waals surface area contributed by atoms with Gasteiger partial charge in [0, 0.05) is 0 Å². The highest BCUT2D eigenvalue weighted by molar-refractivity contribution is 5.90. The van der Waals surface area contributed by atoms with Crippen LogP contribution >= 0.6 is 0 Å². The van der Waals surface area contributed by atoms with E-state index in [0.717, 1.165) is 12.8 Å². The predicted octanol–water partition coefficient (Wildman–Crippen LogP) is 1.80. The molecule has 0 radical (unpaired) electrons. The van der Waals surface area contributed by atoms with Crippen LogP contribution in [-0.4, -0.2) is 26.2 Å². The number of rotatable bonds is 4. The zero-order valence-electron chi connectivity index (χ0n) is 10.3. The molecule has 0 aromatic heterocycles. The molecule has 1 saturated carbocycles. The second-order valence-corrected chi connectivity index (χ2v) is 4.05. The Balaban J connectivity index is 2.19. The van der Waals surface area contributed by atoms with Crippen molar-refractivity contribution in [2.45, 2.75) is 12.8 Å². The number of hydrogen-bond acceptors (Lipinski definition) is 5. The van der Waals surface area contributed by atoms with Gasteiger partial charge in [0.15, 0.2) is 11.5 Å². The molecule has 1 aliphatic rings. The quantitative estimate of drug-likeness (QED) is 0.602. The van der Waals surface area contributed by atoms with Gasteiger partial charge in [-0.1, -0.05) is 0 Å². The summed E-state index contributed by atoms with van der Waals surface area (Å²) in [5.74, 6) is -0.0450. The Morgan fingerprint density at radius 3 is 2.44 bits per heavy atom. The number of ether oxygens (including phenoxy) is 3. The zero-order valence-corrected chi connectivity index (χ0v) is 10.3. The lowest BCUT2D eigenvalue weighted by molar-refractivity contribution is -0.135. The molecule has 1 aliphatic carbocycles. The molecule has 5 nitrogen and oxygen atoms in total. The van der Waals surface area contributed by atoms with Gasteiger partial charge in [0.1, 0.15) is 0 Å². The molecule has 1 aromatic carbocycles. The summed E-state index contributed by atoms with van der Waals surface area (Å²) >= 11 is 0. The second-order valence-electron chi connectivity index (χ2n) is 4.05. The number of carbonyl (C=O) groups excluding carboxylic acids is 2. The highest BCUT2D eigenvalue weighted by Gasteiger charge is 2.32. The summed E-state index contributed by atoms with van der Waals surface area (Å²) in [5.41, 5.74) is 0.348. The molecule has 96 valence electrons. The van der Waals surface area contributed by atoms with Crippen molar-refractivity contribution >= 4 is 11.9 Å². The van der Waals surface area contributed by atoms with E-state index in [1.807, 2.05) is 0 Å². The van der Waals surface area contributed by atoms with Crippen LogP contribution in [0.3, 0.4) is 0 Å². The number of esters is 2. The first-order valence-corrected chi connectivity index (χ1v) is 5.63. The van der Waals surface area contributed by atoms with Crippen LogP contribution < -0.4 is 9.47 Å². The van der Waals surface area contributed by atoms with E-state index in [9.17, 15) is 9.59 Å². The van der Waals surface area contributed by atoms with Crippen molar-refractivity contribution in [3.63, 3.8) is 0 Å². The smallest absolute Gasteiger partial charge is 0.337 e. The molecule has 5 heteroatoms. The van der Waals surface area contributed by atoms with Gasteiger partial charge in [-0.2, -0.15) is 0 Å². The molecule has 1 fully saturated rings. The Morgan fingerprint density at radius 1 is 1.17 bits per heavy atom. The Bertz CT molecular complexity index is 476. The van der Waals surface area contributed by atoms with Gasteiger partial charge in [0.05, 0.1) is 25.7 Å². The van der Waals surface area contributed by atoms with E-state index in [1.54, 1.807) is 0 Å². The monoisotopic (exact) mass is 250 g/mol. The molecule has 0 saturated heterocycles. The van der Waals surface area contributed by atoms with E-state index >= 15 is 0 Å². The standard InChI is InChI=1S/C13H14O5/c1-16-11-7-9(12(14)17-2)5-6-10(11)18-13(15)8-3-4-8/h5-8H,3-4H2,1-2H3. The third-order valence-corrected chi connectivity index (χ3v) is 2.71. The molecule has 0 unspecified atom stereocenters. The van der Waals surface area contributed by atoms with Gasteiger partial charge in [0.2, 0.25) is 0 Å². The Hall–Kier alpha value is -2.04. The summed E-state index contributed by atoms with van der Waals surface area (Å²) in [6.07, 6.45) is 1.75. The molecule has 0 amide bonds. The topological polar surface area (TPSA) is 61.8 Å². The van der Waals surface area contributed by atoms with Gasteiger partial charge in [-0.3, -0.25) is 4.79 Å². The first kappa shape index (κ1) is 12.4. The minimum Gasteiger partial charge on any atom is -0.493 e. The van der Waals surface area contributed by atoms with E-state index in [1.165, 1.54) is 32.4 Å². The van der Waals surface area contributed by atoms with Crippen LogP contribution in [0.1, 0.15) is 23.2 Å². The molecule has 18 heavy (non-hydrogen) atoms. The number of methoxy groups -OCH3 is 2. The third kappa shape index (κ3) is 2.61. The van der Waals surface area contributed by atoms with Crippen LogP contribution in [0, 0.1) is 5.92 Å². The Labute approximate surface area is 105 Å². The summed E-state index contributed by atoms with van der Waals surface area (Å²) in [6, 6.07) is 4.55. The van der Waals surface area contributed by atoms with Crippen molar-refractivity contribution in [2.24, 2.45) is 5.92 Å². The van der Waals surface area contributed by atoms with Crippen LogP contribution in [0.5, 0.6) is 11.5 Å². The molecule has 0 aliphatic heterocycles. The van der Waals surface area contributed by atoms with Crippen molar-refractivity contribution in [1.82, 2.24) is 0 Å². The van der Waals surface area contributed by atoms with Crippen LogP contribution in [-0.2, 0) is 9.53 Å². The molecule has 1 aromatic rings. The third-order valence-electron chi connectivity index (χ3n) is 2.71. The van der Waals surface area contributed by atoms with E-state index in [4.69, 9.17) is 9.47 Å². The summed E-state index contributed by atoms with van der Waals surface area (Å²) in [6.45, 7) is 0. The molecule has 2 rings (SSSR count). The fourth-order valence-corrected chi connectivity index (χ4v) is 1.51. The Morgan fingerprint density at radius 2 is 1.89 bits per heavy atom. The first-order valence-electron chi connectivity index (χ1n) is 5.63. The lowest BCUT2D eigenvalue weighted by atomic mass is 10.2. The molecule has 0 bridgehead atoms. The van der Waals surface area contributed by atoms with Crippen molar-refractivity contribution in [3.05, 3.63) is 23.8 Å². The maximum absolute atomic E-state index is 11.5. The largest absolute Gasteiger partial charge is 0.493 e. The summed E-state index contributed by atoms with van der Waals surface area (Å²) < 4.78 is 14.9. The molecular weight excluding hydrogens is 236 g/mol. The maximum Gasteiger partial charge on any atom is 0.337 e. The number of benzene rings is 1. The van der Waals surface area contributed by atoms with E-state index in [2.05, 4.69) is 4.74 Å². The summed E-state index contributed by atoms with van der Waals surface area (Å²) in [5, 5.41) is 0. The zero-order chi connectivity index (χ0) is 13.1. The minimum absolute atomic E-state index is 0.00925. The highest BCUT2D eigenvalue weighted by Crippen LogP contribution is 2.34. The highest BCUT2D eigenvalue weighted by atomic mass is 16.6. The van der Waals surface area contributed by atoms with Gasteiger partial charge in [-0.15, -0.1) is 0 Å². The van der Waals surface area contributed by atoms with Crippen molar-refractivity contribution in [2.75, 3.05) is 14.2 Å². The fourth-order valence-electron chi connectivity index (χ4n) is 1.51. The number of carbonyl (C=O) groups is 2. The molecule has 0 heterocycles. The lowest BCUT2D eigenvalue weighted by Crippen LogP contribution is -2.11. The fraction of sp³-hybridized carbons (Fsp3) is 0.385. The average molecular weight is 250 g/mol. The van der Waals surface area contributed by atoms with E-state index in [-0.39, 0.29) is 11.9 Å². The van der Waals surface area contributed by atoms with Crippen LogP contribution in [0.4, 0.5) is 0 Å². The van der Waals surface area contributed by atoms with Crippen molar-refractivity contribution in [1.29, 1.82) is 0 Å². The SMILES string of the molecule is COC(=O)c1ccc(OC(=O)C2CC2)c(OC)c1. The maximum atomic E-state index is 11.5. The van der Waals surface area contributed by atoms with Crippen LogP contribution in [0.2, 0.25) is 0 Å². The predicted molar refractivity (Wildman–Crippen MR) is 62.7 cm³/mol. The van der Waals surface area contributed by atoms with Gasteiger partial charge >= 0.3 is 11.9 Å². The lowest BCUT2D eigenvalue weighted by Gasteiger charge is -2.10. The minimum atomic E-state index is -0.464. The normalized spacial score (nSPS) is 13.9. The van der Waals surface area contributed by atoms with Crippen molar-refractivity contribution < 1.29 is 23.8 Å². The molecule has 0 atom stereocenters. The Kier molecular flexibility index (Phi) is 3.50.